The van der Waals surface area contributed by atoms with E-state index in [-0.39, 0.29) is 0 Å². The average molecular weight is 340 g/mol. The number of hydrogen-bond donors (Lipinski definition) is 1. The van der Waals surface area contributed by atoms with Crippen molar-refractivity contribution in [3.63, 3.8) is 0 Å². The number of methoxy groups -OCH3 is 2. The second-order valence-corrected chi connectivity index (χ2v) is 5.19. The summed E-state index contributed by atoms with van der Waals surface area (Å²) in [7, 11) is 3.06. The summed E-state index contributed by atoms with van der Waals surface area (Å²) in [6, 6.07) is 14.0. The summed E-state index contributed by atoms with van der Waals surface area (Å²) in [5, 5.41) is 10.1. The van der Waals surface area contributed by atoms with Crippen molar-refractivity contribution in [1.82, 2.24) is 9.13 Å². The van der Waals surface area contributed by atoms with Gasteiger partial charge >= 0.3 is 5.69 Å². The lowest BCUT2D eigenvalue weighted by Gasteiger charge is -2.12. The first kappa shape index (κ1) is 16.4. The highest BCUT2D eigenvalue weighted by molar-refractivity contribution is 5.42. The molecule has 0 aliphatic carbocycles. The van der Waals surface area contributed by atoms with Gasteiger partial charge in [-0.15, -0.1) is 0 Å². The molecule has 7 heteroatoms. The van der Waals surface area contributed by atoms with Crippen LogP contribution in [-0.4, -0.2) is 28.5 Å². The minimum Gasteiger partial charge on any atom is -0.497 e. The zero-order valence-corrected chi connectivity index (χ0v) is 13.7. The summed E-state index contributed by atoms with van der Waals surface area (Å²) in [4.78, 5) is 25.1. The third-order valence-corrected chi connectivity index (χ3v) is 3.75. The van der Waals surface area contributed by atoms with Crippen molar-refractivity contribution in [3.05, 3.63) is 75.4 Å². The van der Waals surface area contributed by atoms with Gasteiger partial charge in [0.15, 0.2) is 0 Å². The van der Waals surface area contributed by atoms with Gasteiger partial charge in [0.05, 0.1) is 31.7 Å². The molecule has 25 heavy (non-hydrogen) atoms. The summed E-state index contributed by atoms with van der Waals surface area (Å²) in [5.41, 5.74) is -0.526. The molecule has 128 valence electrons. The summed E-state index contributed by atoms with van der Waals surface area (Å²) in [6.45, 7) is 0. The Kier molecular flexibility index (Phi) is 4.30. The molecule has 2 aromatic carbocycles. The van der Waals surface area contributed by atoms with Crippen LogP contribution in [0.25, 0.3) is 11.4 Å². The molecule has 3 rings (SSSR count). The maximum atomic E-state index is 12.8. The number of benzene rings is 2. The Labute approximate surface area is 142 Å². The number of aromatic nitrogens is 2. The molecule has 0 saturated heterocycles. The molecule has 0 aliphatic rings. The number of aromatic hydroxyl groups is 1. The third kappa shape index (κ3) is 2.99. The monoisotopic (exact) mass is 340 g/mol. The van der Waals surface area contributed by atoms with E-state index < -0.39 is 17.1 Å². The van der Waals surface area contributed by atoms with E-state index in [0.29, 0.717) is 22.9 Å². The van der Waals surface area contributed by atoms with E-state index in [1.807, 2.05) is 0 Å². The van der Waals surface area contributed by atoms with Crippen LogP contribution in [0.5, 0.6) is 17.4 Å². The Hall–Kier alpha value is -3.48. The van der Waals surface area contributed by atoms with Crippen LogP contribution in [0.2, 0.25) is 0 Å². The van der Waals surface area contributed by atoms with Crippen molar-refractivity contribution in [1.29, 1.82) is 0 Å². The van der Waals surface area contributed by atoms with Gasteiger partial charge in [-0.05, 0) is 48.5 Å². The van der Waals surface area contributed by atoms with Crippen molar-refractivity contribution in [2.75, 3.05) is 14.2 Å². The molecule has 0 spiro atoms. The van der Waals surface area contributed by atoms with Crippen molar-refractivity contribution < 1.29 is 14.6 Å². The molecule has 0 atom stereocenters. The van der Waals surface area contributed by atoms with Gasteiger partial charge in [0.1, 0.15) is 11.5 Å². The number of rotatable bonds is 4. The van der Waals surface area contributed by atoms with Crippen LogP contribution >= 0.6 is 0 Å². The van der Waals surface area contributed by atoms with Crippen LogP contribution in [0.3, 0.4) is 0 Å². The molecule has 0 radical (unpaired) electrons. The zero-order valence-electron chi connectivity index (χ0n) is 13.7. The van der Waals surface area contributed by atoms with Gasteiger partial charge in [-0.2, -0.15) is 0 Å². The van der Waals surface area contributed by atoms with E-state index in [9.17, 15) is 14.7 Å². The number of ether oxygens (including phenoxy) is 2. The molecular formula is C18H16N2O5. The smallest absolute Gasteiger partial charge is 0.343 e. The van der Waals surface area contributed by atoms with Gasteiger partial charge in [0, 0.05) is 0 Å². The first-order chi connectivity index (χ1) is 12.0. The fourth-order valence-electron chi connectivity index (χ4n) is 2.47. The predicted octanol–water partition coefficient (Wildman–Crippen LogP) is 1.71. The second kappa shape index (κ2) is 6.56. The maximum absolute atomic E-state index is 12.8. The van der Waals surface area contributed by atoms with E-state index in [0.717, 1.165) is 15.2 Å². The molecular weight excluding hydrogens is 324 g/mol. The third-order valence-electron chi connectivity index (χ3n) is 3.75. The Bertz CT molecular complexity index is 1000. The number of nitrogens with zero attached hydrogens (tertiary/aromatic N) is 2. The molecule has 7 nitrogen and oxygen atoms in total. The molecule has 1 heterocycles. The Morgan fingerprint density at radius 3 is 1.64 bits per heavy atom. The van der Waals surface area contributed by atoms with Crippen molar-refractivity contribution >= 4 is 0 Å². The van der Waals surface area contributed by atoms with Gasteiger partial charge < -0.3 is 14.6 Å². The SMILES string of the molecule is COc1ccc(-n2c(O)cc(=O)n(-c3ccc(OC)cc3)c2=O)cc1. The first-order valence-corrected chi connectivity index (χ1v) is 7.42. The zero-order chi connectivity index (χ0) is 18.0. The lowest BCUT2D eigenvalue weighted by Crippen LogP contribution is -2.37. The maximum Gasteiger partial charge on any atom is 0.343 e. The quantitative estimate of drug-likeness (QED) is 0.782. The Morgan fingerprint density at radius 2 is 1.20 bits per heavy atom. The van der Waals surface area contributed by atoms with Crippen molar-refractivity contribution in [2.45, 2.75) is 0 Å². The molecule has 0 unspecified atom stereocenters. The summed E-state index contributed by atoms with van der Waals surface area (Å²) in [5.74, 6) is 0.774. The standard InChI is InChI=1S/C18H16N2O5/c1-24-14-7-3-12(4-8-14)19-16(21)11-17(22)20(18(19)23)13-5-9-15(25-2)10-6-13/h3-11,21H,1-2H3. The normalized spacial score (nSPS) is 10.5. The second-order valence-electron chi connectivity index (χ2n) is 5.19. The van der Waals surface area contributed by atoms with E-state index in [1.54, 1.807) is 48.5 Å². The molecule has 0 amide bonds. The van der Waals surface area contributed by atoms with Gasteiger partial charge in [-0.3, -0.25) is 4.79 Å². The molecule has 0 saturated carbocycles. The minimum atomic E-state index is -0.680. The van der Waals surface area contributed by atoms with Crippen LogP contribution in [0, 0.1) is 0 Å². The van der Waals surface area contributed by atoms with Crippen LogP contribution in [0.1, 0.15) is 0 Å². The highest BCUT2D eigenvalue weighted by atomic mass is 16.5. The minimum absolute atomic E-state index is 0.373. The van der Waals surface area contributed by atoms with Crippen molar-refractivity contribution in [2.24, 2.45) is 0 Å². The summed E-state index contributed by atoms with van der Waals surface area (Å²) in [6.07, 6.45) is 0. The number of hydrogen-bond acceptors (Lipinski definition) is 5. The van der Waals surface area contributed by atoms with Crippen LogP contribution < -0.4 is 20.7 Å². The fourth-order valence-corrected chi connectivity index (χ4v) is 2.47. The van der Waals surface area contributed by atoms with E-state index in [4.69, 9.17) is 9.47 Å². The molecule has 1 aromatic heterocycles. The van der Waals surface area contributed by atoms with Crippen molar-refractivity contribution in [3.8, 4) is 28.8 Å². The van der Waals surface area contributed by atoms with E-state index in [1.165, 1.54) is 14.2 Å². The Balaban J connectivity index is 2.20. The molecule has 0 fully saturated rings. The van der Waals surface area contributed by atoms with Crippen LogP contribution in [-0.2, 0) is 0 Å². The van der Waals surface area contributed by atoms with Gasteiger partial charge in [0.25, 0.3) is 5.56 Å². The molecule has 0 bridgehead atoms. The highest BCUT2D eigenvalue weighted by Gasteiger charge is 2.14. The molecule has 3 aromatic rings. The first-order valence-electron chi connectivity index (χ1n) is 7.42. The van der Waals surface area contributed by atoms with Gasteiger partial charge in [0.2, 0.25) is 5.88 Å². The lowest BCUT2D eigenvalue weighted by atomic mass is 10.3. The van der Waals surface area contributed by atoms with Gasteiger partial charge in [-0.1, -0.05) is 0 Å². The lowest BCUT2D eigenvalue weighted by molar-refractivity contribution is 0.413. The van der Waals surface area contributed by atoms with E-state index in [2.05, 4.69) is 0 Å². The highest BCUT2D eigenvalue weighted by Crippen LogP contribution is 2.18. The van der Waals surface area contributed by atoms with Crippen LogP contribution in [0.4, 0.5) is 0 Å². The largest absolute Gasteiger partial charge is 0.497 e. The summed E-state index contributed by atoms with van der Waals surface area (Å²) >= 11 is 0. The topological polar surface area (TPSA) is 82.7 Å². The average Bonchev–Trinajstić information content (AvgIpc) is 2.62. The molecule has 1 N–H and O–H groups in total. The van der Waals surface area contributed by atoms with E-state index >= 15 is 0 Å². The molecule has 0 aliphatic heterocycles. The Morgan fingerprint density at radius 1 is 0.760 bits per heavy atom. The summed E-state index contributed by atoms with van der Waals surface area (Å²) < 4.78 is 12.2. The van der Waals surface area contributed by atoms with Gasteiger partial charge in [-0.25, -0.2) is 13.9 Å². The fraction of sp³-hybridized carbons (Fsp3) is 0.111. The van der Waals surface area contributed by atoms with Crippen LogP contribution in [0.15, 0.2) is 64.2 Å². The predicted molar refractivity (Wildman–Crippen MR) is 92.4 cm³/mol.